The van der Waals surface area contributed by atoms with Gasteiger partial charge in [-0.2, -0.15) is 0 Å². The topological polar surface area (TPSA) is 78.1 Å². The van der Waals surface area contributed by atoms with Gasteiger partial charge in [0.05, 0.1) is 15.9 Å². The van der Waals surface area contributed by atoms with Crippen LogP contribution in [-0.4, -0.2) is 16.5 Å². The van der Waals surface area contributed by atoms with Crippen LogP contribution in [0.15, 0.2) is 24.3 Å². The van der Waals surface area contributed by atoms with Crippen LogP contribution in [0.4, 0.5) is 0 Å². The second-order valence-corrected chi connectivity index (χ2v) is 2.56. The molecule has 0 amide bonds. The fourth-order valence-electron chi connectivity index (χ4n) is 1.05. The van der Waals surface area contributed by atoms with E-state index in [0.29, 0.717) is 5.56 Å². The molecule has 13 heavy (non-hydrogen) atoms. The van der Waals surface area contributed by atoms with E-state index >= 15 is 0 Å². The van der Waals surface area contributed by atoms with Crippen LogP contribution in [0.5, 0.6) is 0 Å². The van der Waals surface area contributed by atoms with E-state index in [4.69, 9.17) is 5.53 Å². The van der Waals surface area contributed by atoms with Crippen molar-refractivity contribution in [3.05, 3.63) is 35.4 Å². The molecule has 0 aliphatic heterocycles. The number of aliphatic carboxylic acids is 1. The molecule has 0 saturated carbocycles. The van der Waals surface area contributed by atoms with Crippen molar-refractivity contribution < 1.29 is 14.7 Å². The third-order valence-corrected chi connectivity index (χ3v) is 1.71. The van der Waals surface area contributed by atoms with Crippen LogP contribution in [0.3, 0.4) is 0 Å². The first-order valence-corrected chi connectivity index (χ1v) is 3.68. The van der Waals surface area contributed by atoms with Crippen LogP contribution in [0.25, 0.3) is 0 Å². The van der Waals surface area contributed by atoms with Gasteiger partial charge in [0.25, 0.3) is 0 Å². The second kappa shape index (κ2) is 3.65. The molecular weight excluding hydrogens is 168 g/mol. The van der Waals surface area contributed by atoms with Crippen molar-refractivity contribution in [2.75, 3.05) is 0 Å². The third kappa shape index (κ3) is 1.80. The monoisotopic (exact) mass is 176 g/mol. The Bertz CT molecular complexity index is 392. The van der Waals surface area contributed by atoms with Gasteiger partial charge in [0, 0.05) is 0 Å². The van der Waals surface area contributed by atoms with Crippen LogP contribution in [0.2, 0.25) is 0 Å². The predicted octanol–water partition coefficient (Wildman–Crippen LogP) is -0.227. The molecular formula is C9H8N2O2. The Hall–Kier alpha value is -1.93. The molecule has 4 nitrogen and oxygen atoms in total. The van der Waals surface area contributed by atoms with Crippen LogP contribution in [0.1, 0.15) is 11.1 Å². The first kappa shape index (κ1) is 9.16. The van der Waals surface area contributed by atoms with Crippen LogP contribution >= 0.6 is 0 Å². The lowest BCUT2D eigenvalue weighted by atomic mass is 10.0. The molecule has 0 heterocycles. The summed E-state index contributed by atoms with van der Waals surface area (Å²) in [5, 5.41) is 10.5. The standard InChI is InChI=1S/C9H8N2O2/c1-6-4-2-3-5-7(6)8(11-10)9(12)13/h2-5,10H,1H3. The van der Waals surface area contributed by atoms with Crippen LogP contribution in [-0.2, 0) is 4.79 Å². The van der Waals surface area contributed by atoms with E-state index in [1.165, 1.54) is 0 Å². The molecule has 0 saturated heterocycles. The summed E-state index contributed by atoms with van der Waals surface area (Å²) in [6.07, 6.45) is 0. The number of hydrogen-bond donors (Lipinski definition) is 1. The van der Waals surface area contributed by atoms with E-state index < -0.39 is 5.97 Å². The Kier molecular flexibility index (Phi) is 2.57. The number of carbonyl (C=O) groups is 1. The molecule has 0 spiro atoms. The summed E-state index contributed by atoms with van der Waals surface area (Å²) >= 11 is 0. The predicted molar refractivity (Wildman–Crippen MR) is 43.3 cm³/mol. The van der Waals surface area contributed by atoms with E-state index in [1.807, 2.05) is 0 Å². The van der Waals surface area contributed by atoms with E-state index in [-0.39, 0.29) is 5.71 Å². The van der Waals surface area contributed by atoms with Crippen molar-refractivity contribution in [2.45, 2.75) is 6.92 Å². The fourth-order valence-corrected chi connectivity index (χ4v) is 1.05. The maximum atomic E-state index is 10.5. The van der Waals surface area contributed by atoms with Crippen molar-refractivity contribution in [2.24, 2.45) is 0 Å². The molecule has 0 fully saturated rings. The number of aryl methyl sites for hydroxylation is 1. The van der Waals surface area contributed by atoms with Gasteiger partial charge in [0.2, 0.25) is 0 Å². The summed E-state index contributed by atoms with van der Waals surface area (Å²) in [5.41, 5.74) is 7.55. The molecule has 0 atom stereocenters. The number of benzene rings is 1. The average molecular weight is 176 g/mol. The Labute approximate surface area is 75.1 Å². The van der Waals surface area contributed by atoms with E-state index in [0.717, 1.165) is 5.56 Å². The lowest BCUT2D eigenvalue weighted by Crippen LogP contribution is -2.33. The minimum atomic E-state index is -1.43. The molecule has 0 unspecified atom stereocenters. The molecule has 0 radical (unpaired) electrons. The lowest BCUT2D eigenvalue weighted by molar-refractivity contribution is -0.298. The molecule has 1 aromatic rings. The fraction of sp³-hybridized carbons (Fsp3) is 0.111. The van der Waals surface area contributed by atoms with Gasteiger partial charge < -0.3 is 9.90 Å². The van der Waals surface area contributed by atoms with Gasteiger partial charge in [0.1, 0.15) is 0 Å². The Morgan fingerprint density at radius 2 is 2.08 bits per heavy atom. The van der Waals surface area contributed by atoms with Crippen molar-refractivity contribution in [1.82, 2.24) is 0 Å². The molecule has 1 rings (SSSR count). The van der Waals surface area contributed by atoms with Crippen LogP contribution in [0, 0.1) is 12.5 Å². The zero-order valence-electron chi connectivity index (χ0n) is 7.07. The summed E-state index contributed by atoms with van der Waals surface area (Å²) in [6, 6.07) is 6.83. The number of hydrogen-bond acceptors (Lipinski definition) is 3. The molecule has 4 heteroatoms. The minimum Gasteiger partial charge on any atom is -0.538 e. The molecule has 0 aliphatic carbocycles. The summed E-state index contributed by atoms with van der Waals surface area (Å²) < 4.78 is 0. The minimum absolute atomic E-state index is 0.335. The zero-order valence-corrected chi connectivity index (χ0v) is 7.07. The normalized spacial score (nSPS) is 9.00. The summed E-state index contributed by atoms with van der Waals surface area (Å²) in [4.78, 5) is 13.4. The van der Waals surface area contributed by atoms with E-state index in [1.54, 1.807) is 31.2 Å². The highest BCUT2D eigenvalue weighted by Crippen LogP contribution is 2.06. The summed E-state index contributed by atoms with van der Waals surface area (Å²) in [6.45, 7) is 1.75. The number of carboxylic acid groups (broad SMARTS) is 1. The van der Waals surface area contributed by atoms with Gasteiger partial charge in [-0.1, -0.05) is 18.2 Å². The lowest BCUT2D eigenvalue weighted by Gasteiger charge is -1.98. The SMILES string of the molecule is Cc1ccccc1C(=[N+]=N)C(=O)[O-]. The quantitative estimate of drug-likeness (QED) is 0.384. The van der Waals surface area contributed by atoms with Gasteiger partial charge in [-0.25, -0.2) is 0 Å². The largest absolute Gasteiger partial charge is 0.538 e. The highest BCUT2D eigenvalue weighted by molar-refractivity contribution is 6.39. The van der Waals surface area contributed by atoms with Gasteiger partial charge in [-0.15, -0.1) is 0 Å². The summed E-state index contributed by atoms with van der Waals surface area (Å²) in [7, 11) is 0. The van der Waals surface area contributed by atoms with Crippen LogP contribution < -0.4 is 5.11 Å². The number of carbonyl (C=O) groups excluding carboxylic acids is 1. The second-order valence-electron chi connectivity index (χ2n) is 2.56. The summed E-state index contributed by atoms with van der Waals surface area (Å²) in [5.74, 6) is -1.43. The van der Waals surface area contributed by atoms with Crippen molar-refractivity contribution >= 4 is 11.7 Å². The maximum absolute atomic E-state index is 10.5. The van der Waals surface area contributed by atoms with Gasteiger partial charge in [0.15, 0.2) is 5.97 Å². The molecule has 0 bridgehead atoms. The third-order valence-electron chi connectivity index (χ3n) is 1.71. The molecule has 0 aromatic heterocycles. The Morgan fingerprint density at radius 3 is 2.54 bits per heavy atom. The van der Waals surface area contributed by atoms with E-state index in [9.17, 15) is 9.90 Å². The van der Waals surface area contributed by atoms with Crippen molar-refractivity contribution in [1.29, 1.82) is 5.53 Å². The molecule has 0 aliphatic rings. The molecule has 1 N–H and O–H groups in total. The Morgan fingerprint density at radius 1 is 1.46 bits per heavy atom. The molecule has 66 valence electrons. The van der Waals surface area contributed by atoms with Gasteiger partial charge >= 0.3 is 5.71 Å². The number of rotatable bonds is 2. The first-order chi connectivity index (χ1) is 6.16. The number of carboxylic acids is 1. The van der Waals surface area contributed by atoms with E-state index in [2.05, 4.69) is 4.79 Å². The van der Waals surface area contributed by atoms with Crippen molar-refractivity contribution in [3.63, 3.8) is 0 Å². The highest BCUT2D eigenvalue weighted by atomic mass is 16.4. The van der Waals surface area contributed by atoms with Gasteiger partial charge in [-0.05, 0) is 18.6 Å². The smallest absolute Gasteiger partial charge is 0.394 e. The maximum Gasteiger partial charge on any atom is 0.394 e. The molecule has 1 aromatic carbocycles. The average Bonchev–Trinajstić information content (AvgIpc) is 2.09. The zero-order chi connectivity index (χ0) is 9.84. The van der Waals surface area contributed by atoms with Crippen molar-refractivity contribution in [3.8, 4) is 0 Å². The number of nitrogens with one attached hydrogen (secondary N) is 1. The highest BCUT2D eigenvalue weighted by Gasteiger charge is 2.17. The first-order valence-electron chi connectivity index (χ1n) is 3.68. The van der Waals surface area contributed by atoms with Gasteiger partial charge in [-0.3, -0.25) is 0 Å². The number of nitrogens with zero attached hydrogens (tertiary/aromatic N) is 1. The Balaban J connectivity index is 3.29.